The summed E-state index contributed by atoms with van der Waals surface area (Å²) in [5.74, 6) is 1.07. The van der Waals surface area contributed by atoms with E-state index in [0.717, 1.165) is 36.8 Å². The third kappa shape index (κ3) is 4.20. The van der Waals surface area contributed by atoms with Gasteiger partial charge < -0.3 is 9.64 Å². The Balaban J connectivity index is 2.13. The van der Waals surface area contributed by atoms with E-state index < -0.39 is 0 Å². The Morgan fingerprint density at radius 1 is 1.43 bits per heavy atom. The molecule has 0 bridgehead atoms. The van der Waals surface area contributed by atoms with Crippen molar-refractivity contribution in [1.29, 1.82) is 0 Å². The lowest BCUT2D eigenvalue weighted by Crippen LogP contribution is -2.47. The SMILES string of the molecule is CCSc1ccc(C(=O)N(C(C)C)C2CCOCC2)cn1. The Kier molecular flexibility index (Phi) is 6.06. The molecule has 1 aromatic heterocycles. The van der Waals surface area contributed by atoms with Gasteiger partial charge in [0.15, 0.2) is 0 Å². The average Bonchev–Trinajstić information content (AvgIpc) is 2.49. The fourth-order valence-corrected chi connectivity index (χ4v) is 3.26. The topological polar surface area (TPSA) is 42.4 Å². The lowest BCUT2D eigenvalue weighted by atomic mass is 10.0. The largest absolute Gasteiger partial charge is 0.381 e. The molecular formula is C16H24N2O2S. The minimum absolute atomic E-state index is 0.0810. The van der Waals surface area contributed by atoms with Crippen LogP contribution >= 0.6 is 11.8 Å². The molecule has 1 aliphatic rings. The summed E-state index contributed by atoms with van der Waals surface area (Å²) in [5.41, 5.74) is 0.677. The Hall–Kier alpha value is -1.07. The first-order valence-corrected chi connectivity index (χ1v) is 8.61. The quantitative estimate of drug-likeness (QED) is 0.783. The minimum Gasteiger partial charge on any atom is -0.381 e. The van der Waals surface area contributed by atoms with Gasteiger partial charge in [0.05, 0.1) is 10.6 Å². The van der Waals surface area contributed by atoms with Gasteiger partial charge in [0.25, 0.3) is 5.91 Å². The van der Waals surface area contributed by atoms with Gasteiger partial charge in [-0.1, -0.05) is 6.92 Å². The van der Waals surface area contributed by atoms with Crippen LogP contribution in [0.15, 0.2) is 23.4 Å². The fourth-order valence-electron chi connectivity index (χ4n) is 2.67. The van der Waals surface area contributed by atoms with Crippen LogP contribution in [0.4, 0.5) is 0 Å². The maximum absolute atomic E-state index is 12.8. The maximum atomic E-state index is 12.8. The van der Waals surface area contributed by atoms with Gasteiger partial charge in [-0.3, -0.25) is 4.79 Å². The van der Waals surface area contributed by atoms with Crippen molar-refractivity contribution in [2.45, 2.75) is 50.7 Å². The predicted octanol–water partition coefficient (Wildman–Crippen LogP) is 3.22. The minimum atomic E-state index is 0.0810. The number of pyridine rings is 1. The second kappa shape index (κ2) is 7.80. The van der Waals surface area contributed by atoms with Gasteiger partial charge in [0.2, 0.25) is 0 Å². The third-order valence-corrected chi connectivity index (χ3v) is 4.48. The standard InChI is InChI=1S/C16H24N2O2S/c1-4-21-15-6-5-13(11-17-15)16(19)18(12(2)3)14-7-9-20-10-8-14/h5-6,11-12,14H,4,7-10H2,1-3H3. The molecule has 0 saturated carbocycles. The molecule has 4 nitrogen and oxygen atoms in total. The monoisotopic (exact) mass is 308 g/mol. The summed E-state index contributed by atoms with van der Waals surface area (Å²) in [6.45, 7) is 7.72. The second-order valence-corrected chi connectivity index (χ2v) is 6.75. The van der Waals surface area contributed by atoms with E-state index in [9.17, 15) is 4.79 Å². The van der Waals surface area contributed by atoms with Gasteiger partial charge in [0, 0.05) is 31.5 Å². The molecule has 1 aromatic rings. The van der Waals surface area contributed by atoms with Gasteiger partial charge in [-0.15, -0.1) is 11.8 Å². The Bertz CT molecular complexity index is 456. The maximum Gasteiger partial charge on any atom is 0.255 e. The van der Waals surface area contributed by atoms with Gasteiger partial charge >= 0.3 is 0 Å². The van der Waals surface area contributed by atoms with Crippen molar-refractivity contribution in [3.63, 3.8) is 0 Å². The molecule has 0 unspecified atom stereocenters. The molecule has 1 aliphatic heterocycles. The number of aromatic nitrogens is 1. The first-order chi connectivity index (χ1) is 10.1. The number of rotatable bonds is 5. The van der Waals surface area contributed by atoms with E-state index in [4.69, 9.17) is 4.74 Å². The highest BCUT2D eigenvalue weighted by Crippen LogP contribution is 2.21. The van der Waals surface area contributed by atoms with Crippen molar-refractivity contribution in [2.75, 3.05) is 19.0 Å². The molecule has 0 aromatic carbocycles. The van der Waals surface area contributed by atoms with E-state index >= 15 is 0 Å². The van der Waals surface area contributed by atoms with Crippen LogP contribution in [-0.4, -0.2) is 46.8 Å². The van der Waals surface area contributed by atoms with E-state index in [1.165, 1.54) is 0 Å². The van der Waals surface area contributed by atoms with Crippen LogP contribution in [0.1, 0.15) is 44.0 Å². The molecule has 2 rings (SSSR count). The van der Waals surface area contributed by atoms with Crippen LogP contribution in [-0.2, 0) is 4.74 Å². The van der Waals surface area contributed by atoms with Gasteiger partial charge in [0.1, 0.15) is 0 Å². The number of hydrogen-bond donors (Lipinski definition) is 0. The summed E-state index contributed by atoms with van der Waals surface area (Å²) in [5, 5.41) is 0.969. The molecule has 2 heterocycles. The molecule has 0 radical (unpaired) electrons. The number of carbonyl (C=O) groups excluding carboxylic acids is 1. The van der Waals surface area contributed by atoms with Crippen LogP contribution in [0.2, 0.25) is 0 Å². The van der Waals surface area contributed by atoms with E-state index in [1.807, 2.05) is 17.0 Å². The molecule has 0 atom stereocenters. The Morgan fingerprint density at radius 3 is 2.67 bits per heavy atom. The number of carbonyl (C=O) groups is 1. The lowest BCUT2D eigenvalue weighted by Gasteiger charge is -2.37. The van der Waals surface area contributed by atoms with Crippen molar-refractivity contribution in [2.24, 2.45) is 0 Å². The molecule has 1 fully saturated rings. The number of ether oxygens (including phenoxy) is 1. The zero-order valence-corrected chi connectivity index (χ0v) is 13.9. The van der Waals surface area contributed by atoms with Crippen molar-refractivity contribution in [3.05, 3.63) is 23.9 Å². The van der Waals surface area contributed by atoms with E-state index in [0.29, 0.717) is 5.56 Å². The van der Waals surface area contributed by atoms with E-state index in [1.54, 1.807) is 18.0 Å². The summed E-state index contributed by atoms with van der Waals surface area (Å²) in [6.07, 6.45) is 3.54. The molecule has 0 spiro atoms. The van der Waals surface area contributed by atoms with Crippen molar-refractivity contribution in [3.8, 4) is 0 Å². The highest BCUT2D eigenvalue weighted by molar-refractivity contribution is 7.99. The summed E-state index contributed by atoms with van der Waals surface area (Å²) in [6, 6.07) is 4.28. The molecular weight excluding hydrogens is 284 g/mol. The molecule has 21 heavy (non-hydrogen) atoms. The summed E-state index contributed by atoms with van der Waals surface area (Å²) < 4.78 is 5.40. The van der Waals surface area contributed by atoms with Crippen LogP contribution in [0, 0.1) is 0 Å². The normalized spacial score (nSPS) is 16.2. The van der Waals surface area contributed by atoms with Crippen LogP contribution < -0.4 is 0 Å². The number of nitrogens with zero attached hydrogens (tertiary/aromatic N) is 2. The average molecular weight is 308 g/mol. The summed E-state index contributed by atoms with van der Waals surface area (Å²) in [7, 11) is 0. The van der Waals surface area contributed by atoms with Crippen LogP contribution in [0.5, 0.6) is 0 Å². The number of hydrogen-bond acceptors (Lipinski definition) is 4. The van der Waals surface area contributed by atoms with E-state index in [-0.39, 0.29) is 18.0 Å². The van der Waals surface area contributed by atoms with Crippen molar-refractivity contribution >= 4 is 17.7 Å². The Morgan fingerprint density at radius 2 is 2.14 bits per heavy atom. The molecule has 0 aliphatic carbocycles. The smallest absolute Gasteiger partial charge is 0.255 e. The fraction of sp³-hybridized carbons (Fsp3) is 0.625. The first-order valence-electron chi connectivity index (χ1n) is 7.62. The first kappa shape index (κ1) is 16.3. The van der Waals surface area contributed by atoms with Gasteiger partial charge in [-0.05, 0) is 44.6 Å². The molecule has 116 valence electrons. The number of amides is 1. The summed E-state index contributed by atoms with van der Waals surface area (Å²) in [4.78, 5) is 19.2. The van der Waals surface area contributed by atoms with Crippen LogP contribution in [0.25, 0.3) is 0 Å². The lowest BCUT2D eigenvalue weighted by molar-refractivity contribution is 0.0205. The van der Waals surface area contributed by atoms with Crippen molar-refractivity contribution in [1.82, 2.24) is 9.88 Å². The third-order valence-electron chi connectivity index (χ3n) is 3.65. The molecule has 1 saturated heterocycles. The molecule has 0 N–H and O–H groups in total. The van der Waals surface area contributed by atoms with Gasteiger partial charge in [-0.25, -0.2) is 4.98 Å². The predicted molar refractivity (Wildman–Crippen MR) is 85.8 cm³/mol. The highest BCUT2D eigenvalue weighted by Gasteiger charge is 2.28. The summed E-state index contributed by atoms with van der Waals surface area (Å²) >= 11 is 1.69. The number of thioether (sulfide) groups is 1. The van der Waals surface area contributed by atoms with Crippen molar-refractivity contribution < 1.29 is 9.53 Å². The highest BCUT2D eigenvalue weighted by atomic mass is 32.2. The molecule has 5 heteroatoms. The van der Waals surface area contributed by atoms with Crippen LogP contribution in [0.3, 0.4) is 0 Å². The second-order valence-electron chi connectivity index (χ2n) is 5.47. The van der Waals surface area contributed by atoms with Gasteiger partial charge in [-0.2, -0.15) is 0 Å². The molecule has 1 amide bonds. The zero-order valence-electron chi connectivity index (χ0n) is 13.0. The van der Waals surface area contributed by atoms with E-state index in [2.05, 4.69) is 25.8 Å². The Labute approximate surface area is 131 Å². The zero-order chi connectivity index (χ0) is 15.2.